The summed E-state index contributed by atoms with van der Waals surface area (Å²) < 4.78 is 0. The molecule has 0 fully saturated rings. The smallest absolute Gasteiger partial charge is 0.320 e. The van der Waals surface area contributed by atoms with E-state index in [9.17, 15) is 14.4 Å². The fraction of sp³-hybridized carbons (Fsp3) is 0.727. The van der Waals surface area contributed by atoms with Crippen molar-refractivity contribution in [3.63, 3.8) is 0 Å². The van der Waals surface area contributed by atoms with Crippen molar-refractivity contribution in [1.29, 1.82) is 0 Å². The summed E-state index contributed by atoms with van der Waals surface area (Å²) in [6.07, 6.45) is 1.26. The SMILES string of the molecule is N[C@H](CCCCN[C@@H](CCC(=O)O)C(=O)O)C(=O)O. The number of nitrogens with two attached hydrogens (primary N) is 1. The first-order chi connectivity index (χ1) is 8.84. The van der Waals surface area contributed by atoms with E-state index in [1.54, 1.807) is 0 Å². The molecule has 0 radical (unpaired) electrons. The molecule has 0 amide bonds. The van der Waals surface area contributed by atoms with E-state index in [4.69, 9.17) is 21.1 Å². The molecule has 6 N–H and O–H groups in total. The Kier molecular flexibility index (Phi) is 8.47. The van der Waals surface area contributed by atoms with E-state index in [1.165, 1.54) is 0 Å². The van der Waals surface area contributed by atoms with Gasteiger partial charge >= 0.3 is 17.9 Å². The lowest BCUT2D eigenvalue weighted by Crippen LogP contribution is -2.37. The minimum Gasteiger partial charge on any atom is -0.481 e. The van der Waals surface area contributed by atoms with Crippen molar-refractivity contribution in [3.05, 3.63) is 0 Å². The largest absolute Gasteiger partial charge is 0.481 e. The first-order valence-electron chi connectivity index (χ1n) is 6.01. The van der Waals surface area contributed by atoms with Crippen LogP contribution in [0.3, 0.4) is 0 Å². The second-order valence-corrected chi connectivity index (χ2v) is 4.22. The summed E-state index contributed by atoms with van der Waals surface area (Å²) >= 11 is 0. The third-order valence-corrected chi connectivity index (χ3v) is 2.59. The Hall–Kier alpha value is -1.67. The third kappa shape index (κ3) is 8.97. The summed E-state index contributed by atoms with van der Waals surface area (Å²) in [5, 5.41) is 28.6. The molecule has 19 heavy (non-hydrogen) atoms. The fourth-order valence-electron chi connectivity index (χ4n) is 1.47. The number of hydrogen-bond acceptors (Lipinski definition) is 5. The molecule has 0 bridgehead atoms. The summed E-state index contributed by atoms with van der Waals surface area (Å²) in [6.45, 7) is 0.378. The number of carboxylic acids is 3. The zero-order valence-corrected chi connectivity index (χ0v) is 10.5. The minimum atomic E-state index is -1.09. The highest BCUT2D eigenvalue weighted by atomic mass is 16.4. The molecule has 0 saturated carbocycles. The lowest BCUT2D eigenvalue weighted by molar-refractivity contribution is -0.141. The monoisotopic (exact) mass is 276 g/mol. The molecule has 8 heteroatoms. The normalized spacial score (nSPS) is 13.7. The van der Waals surface area contributed by atoms with Gasteiger partial charge in [-0.3, -0.25) is 14.4 Å². The molecular weight excluding hydrogens is 256 g/mol. The molecule has 0 aromatic heterocycles. The average molecular weight is 276 g/mol. The van der Waals surface area contributed by atoms with Gasteiger partial charge in [-0.1, -0.05) is 6.42 Å². The first-order valence-corrected chi connectivity index (χ1v) is 6.01. The highest BCUT2D eigenvalue weighted by Gasteiger charge is 2.17. The van der Waals surface area contributed by atoms with E-state index in [-0.39, 0.29) is 12.8 Å². The van der Waals surface area contributed by atoms with Crippen LogP contribution < -0.4 is 11.1 Å². The van der Waals surface area contributed by atoms with Crippen molar-refractivity contribution >= 4 is 17.9 Å². The zero-order valence-electron chi connectivity index (χ0n) is 10.5. The van der Waals surface area contributed by atoms with Gasteiger partial charge < -0.3 is 26.4 Å². The highest BCUT2D eigenvalue weighted by molar-refractivity contribution is 5.75. The quantitative estimate of drug-likeness (QED) is 0.316. The van der Waals surface area contributed by atoms with Crippen LogP contribution in [0.15, 0.2) is 0 Å². The molecule has 8 nitrogen and oxygen atoms in total. The van der Waals surface area contributed by atoms with Gasteiger partial charge in [-0.25, -0.2) is 0 Å². The van der Waals surface area contributed by atoms with Crippen molar-refractivity contribution in [2.45, 2.75) is 44.2 Å². The number of unbranched alkanes of at least 4 members (excludes halogenated alkanes) is 1. The van der Waals surface area contributed by atoms with Gasteiger partial charge in [0.15, 0.2) is 0 Å². The topological polar surface area (TPSA) is 150 Å². The van der Waals surface area contributed by atoms with Crippen molar-refractivity contribution in [3.8, 4) is 0 Å². The maximum atomic E-state index is 10.8. The van der Waals surface area contributed by atoms with Crippen molar-refractivity contribution < 1.29 is 29.7 Å². The number of nitrogens with one attached hydrogen (secondary N) is 1. The second kappa shape index (κ2) is 9.29. The van der Waals surface area contributed by atoms with Crippen molar-refractivity contribution in [2.75, 3.05) is 6.54 Å². The van der Waals surface area contributed by atoms with Gasteiger partial charge in [0.1, 0.15) is 12.1 Å². The molecule has 0 rings (SSSR count). The highest BCUT2D eigenvalue weighted by Crippen LogP contribution is 2.01. The molecule has 0 aliphatic heterocycles. The van der Waals surface area contributed by atoms with E-state index in [2.05, 4.69) is 5.32 Å². The van der Waals surface area contributed by atoms with Gasteiger partial charge in [0.25, 0.3) is 0 Å². The Morgan fingerprint density at radius 1 is 1.00 bits per heavy atom. The lowest BCUT2D eigenvalue weighted by atomic mass is 10.1. The van der Waals surface area contributed by atoms with Crippen LogP contribution in [-0.4, -0.2) is 51.9 Å². The molecule has 0 heterocycles. The minimum absolute atomic E-state index is 0.0132. The maximum Gasteiger partial charge on any atom is 0.320 e. The molecule has 0 aliphatic carbocycles. The Bertz CT molecular complexity index is 320. The second-order valence-electron chi connectivity index (χ2n) is 4.22. The number of carbonyl (C=O) groups is 3. The van der Waals surface area contributed by atoms with Crippen LogP contribution in [0.25, 0.3) is 0 Å². The van der Waals surface area contributed by atoms with E-state index in [0.717, 1.165) is 0 Å². The van der Waals surface area contributed by atoms with Crippen LogP contribution in [0.5, 0.6) is 0 Å². The summed E-state index contributed by atoms with van der Waals surface area (Å²) in [4.78, 5) is 31.6. The standard InChI is InChI=1S/C11H20N2O6/c12-7(10(16)17)3-1-2-6-13-8(11(18)19)4-5-9(14)15/h7-8,13H,1-6,12H2,(H,14,15)(H,16,17)(H,18,19)/t7-,8+/m1/s1. The average Bonchev–Trinajstić information content (AvgIpc) is 2.31. The van der Waals surface area contributed by atoms with Crippen LogP contribution in [0.1, 0.15) is 32.1 Å². The van der Waals surface area contributed by atoms with Crippen molar-refractivity contribution in [2.24, 2.45) is 5.73 Å². The summed E-state index contributed by atoms with van der Waals surface area (Å²) in [5.74, 6) is -3.19. The Morgan fingerprint density at radius 2 is 1.63 bits per heavy atom. The Balaban J connectivity index is 3.78. The molecule has 2 atom stereocenters. The molecule has 0 spiro atoms. The van der Waals surface area contributed by atoms with Gasteiger partial charge in [-0.2, -0.15) is 0 Å². The van der Waals surface area contributed by atoms with Crippen LogP contribution in [0, 0.1) is 0 Å². The van der Waals surface area contributed by atoms with E-state index < -0.39 is 30.0 Å². The number of hydrogen-bond donors (Lipinski definition) is 5. The lowest BCUT2D eigenvalue weighted by Gasteiger charge is -2.13. The van der Waals surface area contributed by atoms with Crippen LogP contribution in [0.4, 0.5) is 0 Å². The molecule has 0 unspecified atom stereocenters. The molecule has 0 aromatic rings. The van der Waals surface area contributed by atoms with E-state index >= 15 is 0 Å². The first kappa shape index (κ1) is 17.3. The van der Waals surface area contributed by atoms with Crippen LogP contribution in [0.2, 0.25) is 0 Å². The fourth-order valence-corrected chi connectivity index (χ4v) is 1.47. The van der Waals surface area contributed by atoms with Gasteiger partial charge in [0.2, 0.25) is 0 Å². The predicted molar refractivity (Wildman–Crippen MR) is 65.8 cm³/mol. The summed E-state index contributed by atoms with van der Waals surface area (Å²) in [7, 11) is 0. The van der Waals surface area contributed by atoms with Crippen LogP contribution >= 0.6 is 0 Å². The number of aliphatic carboxylic acids is 3. The van der Waals surface area contributed by atoms with E-state index in [1.807, 2.05) is 0 Å². The van der Waals surface area contributed by atoms with Gasteiger partial charge in [-0.15, -0.1) is 0 Å². The predicted octanol–water partition coefficient (Wildman–Crippen LogP) is -0.524. The Morgan fingerprint density at radius 3 is 2.11 bits per heavy atom. The van der Waals surface area contributed by atoms with Crippen LogP contribution in [-0.2, 0) is 14.4 Å². The molecule has 110 valence electrons. The van der Waals surface area contributed by atoms with Gasteiger partial charge in [-0.05, 0) is 25.8 Å². The van der Waals surface area contributed by atoms with Gasteiger partial charge in [0, 0.05) is 6.42 Å². The van der Waals surface area contributed by atoms with E-state index in [0.29, 0.717) is 25.8 Å². The molecule has 0 aliphatic rings. The maximum absolute atomic E-state index is 10.8. The van der Waals surface area contributed by atoms with Gasteiger partial charge in [0.05, 0.1) is 0 Å². The molecule has 0 aromatic carbocycles. The Labute approximate surface area is 110 Å². The van der Waals surface area contributed by atoms with Crippen molar-refractivity contribution in [1.82, 2.24) is 5.32 Å². The third-order valence-electron chi connectivity index (χ3n) is 2.59. The number of carboxylic acid groups (broad SMARTS) is 3. The number of rotatable bonds is 11. The summed E-state index contributed by atoms with van der Waals surface area (Å²) in [5.41, 5.74) is 5.31. The zero-order chi connectivity index (χ0) is 14.8. The molecule has 0 saturated heterocycles. The molecular formula is C11H20N2O6. The summed E-state index contributed by atoms with van der Waals surface area (Å²) in [6, 6.07) is -1.80.